The van der Waals surface area contributed by atoms with Gasteiger partial charge in [-0.3, -0.25) is 4.79 Å². The molecule has 0 fully saturated rings. The molecule has 100 valence electrons. The number of nitrogens with one attached hydrogen (secondary N) is 1. The fraction of sp³-hybridized carbons (Fsp3) is 0.0625. The van der Waals surface area contributed by atoms with Gasteiger partial charge >= 0.3 is 5.97 Å². The van der Waals surface area contributed by atoms with Gasteiger partial charge in [0.15, 0.2) is 0 Å². The van der Waals surface area contributed by atoms with Gasteiger partial charge in [-0.15, -0.1) is 0 Å². The van der Waals surface area contributed by atoms with Gasteiger partial charge in [-0.25, -0.2) is 0 Å². The molecule has 0 unspecified atom stereocenters. The highest BCUT2D eigenvalue weighted by Crippen LogP contribution is 2.34. The lowest BCUT2D eigenvalue weighted by molar-refractivity contribution is -0.136. The van der Waals surface area contributed by atoms with Crippen LogP contribution in [-0.4, -0.2) is 16.1 Å². The smallest absolute Gasteiger partial charge is 0.307 e. The van der Waals surface area contributed by atoms with Gasteiger partial charge in [0.05, 0.1) is 17.6 Å². The Morgan fingerprint density at radius 3 is 2.55 bits per heavy atom. The van der Waals surface area contributed by atoms with Crippen molar-refractivity contribution in [3.63, 3.8) is 0 Å². The Morgan fingerprint density at radius 2 is 1.85 bits per heavy atom. The van der Waals surface area contributed by atoms with Crippen molar-refractivity contribution in [1.29, 1.82) is 0 Å². The van der Waals surface area contributed by atoms with Gasteiger partial charge in [0.2, 0.25) is 0 Å². The van der Waals surface area contributed by atoms with E-state index in [4.69, 9.17) is 5.11 Å². The van der Waals surface area contributed by atoms with E-state index in [1.54, 1.807) is 0 Å². The maximum atomic E-state index is 11.2. The van der Waals surface area contributed by atoms with Crippen LogP contribution in [0.5, 0.6) is 0 Å². The number of rotatable bonds is 3. The van der Waals surface area contributed by atoms with Gasteiger partial charge in [-0.1, -0.05) is 42.5 Å². The number of fused-ring (bicyclic) bond motifs is 1. The second-order valence-electron chi connectivity index (χ2n) is 4.58. The SMILES string of the molecule is O=C(O)Cc1c(-c2ccccc2)[nH]c2c(Br)cccc12. The number of halogens is 1. The molecule has 3 rings (SSSR count). The van der Waals surface area contributed by atoms with E-state index in [1.807, 2.05) is 48.5 Å². The van der Waals surface area contributed by atoms with Gasteiger partial charge < -0.3 is 10.1 Å². The molecule has 0 radical (unpaired) electrons. The number of hydrogen-bond acceptors (Lipinski definition) is 1. The van der Waals surface area contributed by atoms with Crippen LogP contribution in [-0.2, 0) is 11.2 Å². The van der Waals surface area contributed by atoms with Crippen molar-refractivity contribution < 1.29 is 9.90 Å². The molecule has 0 spiro atoms. The number of carbonyl (C=O) groups is 1. The van der Waals surface area contributed by atoms with Crippen molar-refractivity contribution >= 4 is 32.8 Å². The van der Waals surface area contributed by atoms with Gasteiger partial charge in [-0.2, -0.15) is 0 Å². The molecular weight excluding hydrogens is 318 g/mol. The third-order valence-electron chi connectivity index (χ3n) is 3.28. The normalized spacial score (nSPS) is 10.8. The lowest BCUT2D eigenvalue weighted by atomic mass is 10.0. The Bertz CT molecular complexity index is 778. The Balaban J connectivity index is 2.30. The number of hydrogen-bond donors (Lipinski definition) is 2. The number of carboxylic acid groups (broad SMARTS) is 1. The summed E-state index contributed by atoms with van der Waals surface area (Å²) in [5.74, 6) is -0.831. The summed E-state index contributed by atoms with van der Waals surface area (Å²) < 4.78 is 0.934. The molecule has 0 bridgehead atoms. The van der Waals surface area contributed by atoms with Gasteiger partial charge in [0.25, 0.3) is 0 Å². The fourth-order valence-corrected chi connectivity index (χ4v) is 2.89. The van der Waals surface area contributed by atoms with E-state index < -0.39 is 5.97 Å². The number of carboxylic acids is 1. The standard InChI is InChI=1S/C16H12BrNO2/c17-13-8-4-7-11-12(9-14(19)20)15(18-16(11)13)10-5-2-1-3-6-10/h1-8,18H,9H2,(H,19,20). The molecule has 0 aliphatic heterocycles. The van der Waals surface area contributed by atoms with E-state index >= 15 is 0 Å². The van der Waals surface area contributed by atoms with E-state index in [1.165, 1.54) is 0 Å². The topological polar surface area (TPSA) is 53.1 Å². The molecule has 0 saturated heterocycles. The molecule has 0 aliphatic carbocycles. The Morgan fingerprint density at radius 1 is 1.10 bits per heavy atom. The average Bonchev–Trinajstić information content (AvgIpc) is 2.80. The number of aliphatic carboxylic acids is 1. The predicted molar refractivity (Wildman–Crippen MR) is 82.8 cm³/mol. The van der Waals surface area contributed by atoms with Crippen LogP contribution < -0.4 is 0 Å². The number of aromatic nitrogens is 1. The quantitative estimate of drug-likeness (QED) is 0.755. The van der Waals surface area contributed by atoms with Crippen molar-refractivity contribution in [2.75, 3.05) is 0 Å². The summed E-state index contributed by atoms with van der Waals surface area (Å²) in [6.07, 6.45) is 0.000676. The highest BCUT2D eigenvalue weighted by atomic mass is 79.9. The molecule has 1 aromatic heterocycles. The Hall–Kier alpha value is -2.07. The summed E-state index contributed by atoms with van der Waals surface area (Å²) in [4.78, 5) is 14.5. The highest BCUT2D eigenvalue weighted by molar-refractivity contribution is 9.10. The van der Waals surface area contributed by atoms with Crippen molar-refractivity contribution in [1.82, 2.24) is 4.98 Å². The van der Waals surface area contributed by atoms with Crippen LogP contribution in [0, 0.1) is 0 Å². The fourth-order valence-electron chi connectivity index (χ4n) is 2.42. The number of benzene rings is 2. The molecule has 0 saturated carbocycles. The van der Waals surface area contributed by atoms with Crippen molar-refractivity contribution in [3.05, 3.63) is 58.6 Å². The van der Waals surface area contributed by atoms with E-state index in [0.717, 1.165) is 32.2 Å². The first kappa shape index (κ1) is 12.9. The summed E-state index contributed by atoms with van der Waals surface area (Å²) in [5.41, 5.74) is 3.62. The summed E-state index contributed by atoms with van der Waals surface area (Å²) in [6, 6.07) is 15.6. The molecule has 1 heterocycles. The maximum Gasteiger partial charge on any atom is 0.307 e. The minimum atomic E-state index is -0.831. The van der Waals surface area contributed by atoms with Crippen molar-refractivity contribution in [3.8, 4) is 11.3 Å². The zero-order valence-corrected chi connectivity index (χ0v) is 12.1. The first-order valence-electron chi connectivity index (χ1n) is 6.23. The van der Waals surface area contributed by atoms with Crippen molar-refractivity contribution in [2.24, 2.45) is 0 Å². The van der Waals surface area contributed by atoms with Crippen LogP contribution in [0.25, 0.3) is 22.2 Å². The second-order valence-corrected chi connectivity index (χ2v) is 5.43. The summed E-state index contributed by atoms with van der Waals surface area (Å²) in [6.45, 7) is 0. The van der Waals surface area contributed by atoms with Crippen LogP contribution >= 0.6 is 15.9 Å². The second kappa shape index (κ2) is 5.13. The van der Waals surface area contributed by atoms with Gasteiger partial charge in [-0.05, 0) is 33.1 Å². The summed E-state index contributed by atoms with van der Waals surface area (Å²) in [5, 5.41) is 10.1. The molecule has 0 atom stereocenters. The molecule has 3 nitrogen and oxygen atoms in total. The first-order valence-corrected chi connectivity index (χ1v) is 7.02. The number of aromatic amines is 1. The lowest BCUT2D eigenvalue weighted by Gasteiger charge is -2.02. The van der Waals surface area contributed by atoms with E-state index in [9.17, 15) is 4.79 Å². The van der Waals surface area contributed by atoms with E-state index in [-0.39, 0.29) is 6.42 Å². The summed E-state index contributed by atoms with van der Waals surface area (Å²) >= 11 is 3.50. The monoisotopic (exact) mass is 329 g/mol. The average molecular weight is 330 g/mol. The van der Waals surface area contributed by atoms with Crippen LogP contribution in [0.15, 0.2) is 53.0 Å². The Kier molecular flexibility index (Phi) is 3.32. The first-order chi connectivity index (χ1) is 9.66. The zero-order chi connectivity index (χ0) is 14.1. The largest absolute Gasteiger partial charge is 0.481 e. The van der Waals surface area contributed by atoms with Gasteiger partial charge in [0, 0.05) is 9.86 Å². The Labute approximate surface area is 124 Å². The van der Waals surface area contributed by atoms with Crippen LogP contribution in [0.1, 0.15) is 5.56 Å². The molecular formula is C16H12BrNO2. The predicted octanol–water partition coefficient (Wildman–Crippen LogP) is 4.22. The maximum absolute atomic E-state index is 11.2. The number of para-hydroxylation sites is 1. The third-order valence-corrected chi connectivity index (χ3v) is 3.94. The van der Waals surface area contributed by atoms with Crippen LogP contribution in [0.2, 0.25) is 0 Å². The molecule has 20 heavy (non-hydrogen) atoms. The highest BCUT2D eigenvalue weighted by Gasteiger charge is 2.16. The zero-order valence-electron chi connectivity index (χ0n) is 10.6. The van der Waals surface area contributed by atoms with Crippen molar-refractivity contribution in [2.45, 2.75) is 6.42 Å². The van der Waals surface area contributed by atoms with Crippen LogP contribution in [0.3, 0.4) is 0 Å². The van der Waals surface area contributed by atoms with E-state index in [0.29, 0.717) is 0 Å². The molecule has 2 aromatic carbocycles. The van der Waals surface area contributed by atoms with Crippen LogP contribution in [0.4, 0.5) is 0 Å². The molecule has 0 aliphatic rings. The minimum absolute atomic E-state index is 0.000676. The van der Waals surface area contributed by atoms with Gasteiger partial charge in [0.1, 0.15) is 0 Å². The minimum Gasteiger partial charge on any atom is -0.481 e. The molecule has 3 aromatic rings. The third kappa shape index (κ3) is 2.23. The molecule has 2 N–H and O–H groups in total. The molecule has 0 amide bonds. The molecule has 4 heteroatoms. The number of H-pyrrole nitrogens is 1. The van der Waals surface area contributed by atoms with E-state index in [2.05, 4.69) is 20.9 Å². The lowest BCUT2D eigenvalue weighted by Crippen LogP contribution is -2.00. The summed E-state index contributed by atoms with van der Waals surface area (Å²) in [7, 11) is 0.